The minimum Gasteiger partial charge on any atom is -0.488 e. The fourth-order valence-corrected chi connectivity index (χ4v) is 2.60. The molecule has 1 amide bonds. The lowest BCUT2D eigenvalue weighted by molar-refractivity contribution is 0.0956. The van der Waals surface area contributed by atoms with Gasteiger partial charge in [0.25, 0.3) is 5.91 Å². The van der Waals surface area contributed by atoms with Crippen LogP contribution < -0.4 is 15.8 Å². The second-order valence-corrected chi connectivity index (χ2v) is 5.34. The Labute approximate surface area is 120 Å². The van der Waals surface area contributed by atoms with Crippen LogP contribution in [0.15, 0.2) is 18.2 Å². The molecule has 0 heterocycles. The zero-order chi connectivity index (χ0) is 14.4. The third-order valence-corrected chi connectivity index (χ3v) is 3.71. The van der Waals surface area contributed by atoms with Gasteiger partial charge in [-0.25, -0.2) is 0 Å². The van der Waals surface area contributed by atoms with E-state index in [0.717, 1.165) is 12.8 Å². The molecular formula is C16H24N2O2. The summed E-state index contributed by atoms with van der Waals surface area (Å²) in [4.78, 5) is 11.7. The Hall–Kier alpha value is -1.71. The van der Waals surface area contributed by atoms with Gasteiger partial charge in [-0.3, -0.25) is 4.79 Å². The van der Waals surface area contributed by atoms with E-state index < -0.39 is 0 Å². The topological polar surface area (TPSA) is 64.3 Å². The fraction of sp³-hybridized carbons (Fsp3) is 0.562. The quantitative estimate of drug-likeness (QED) is 0.656. The van der Waals surface area contributed by atoms with E-state index in [4.69, 9.17) is 10.5 Å². The van der Waals surface area contributed by atoms with Gasteiger partial charge in [0.05, 0.1) is 11.8 Å². The number of nitrogen functional groups attached to an aromatic ring is 1. The second kappa shape index (κ2) is 7.17. The van der Waals surface area contributed by atoms with Crippen LogP contribution in [0.1, 0.15) is 55.8 Å². The van der Waals surface area contributed by atoms with Crippen LogP contribution in [-0.2, 0) is 0 Å². The first kappa shape index (κ1) is 14.7. The molecular weight excluding hydrogens is 252 g/mol. The lowest BCUT2D eigenvalue weighted by atomic mass is 10.1. The van der Waals surface area contributed by atoms with E-state index in [1.165, 1.54) is 25.7 Å². The van der Waals surface area contributed by atoms with Crippen LogP contribution >= 0.6 is 0 Å². The monoisotopic (exact) mass is 276 g/mol. The molecule has 3 N–H and O–H groups in total. The normalized spacial score (nSPS) is 16.4. The maximum Gasteiger partial charge on any atom is 0.251 e. The van der Waals surface area contributed by atoms with Crippen molar-refractivity contribution in [3.63, 3.8) is 0 Å². The van der Waals surface area contributed by atoms with Crippen LogP contribution in [0.2, 0.25) is 0 Å². The van der Waals surface area contributed by atoms with Gasteiger partial charge < -0.3 is 15.8 Å². The van der Waals surface area contributed by atoms with Gasteiger partial charge in [-0.2, -0.15) is 0 Å². The van der Waals surface area contributed by atoms with E-state index in [0.29, 0.717) is 23.5 Å². The Morgan fingerprint density at radius 3 is 2.60 bits per heavy atom. The van der Waals surface area contributed by atoms with Crippen molar-refractivity contribution in [1.29, 1.82) is 0 Å². The molecule has 0 aromatic heterocycles. The number of amides is 1. The van der Waals surface area contributed by atoms with Crippen LogP contribution in [0.5, 0.6) is 5.75 Å². The van der Waals surface area contributed by atoms with Crippen LogP contribution in [0.4, 0.5) is 5.69 Å². The lowest BCUT2D eigenvalue weighted by Crippen LogP contribution is -2.23. The Morgan fingerprint density at radius 1 is 1.30 bits per heavy atom. The zero-order valence-corrected chi connectivity index (χ0v) is 12.2. The summed E-state index contributed by atoms with van der Waals surface area (Å²) < 4.78 is 6.00. The predicted octanol–water partition coefficient (Wildman–Crippen LogP) is 3.12. The van der Waals surface area contributed by atoms with Gasteiger partial charge in [-0.05, 0) is 50.8 Å². The number of carbonyl (C=O) groups excluding carboxylic acids is 1. The van der Waals surface area contributed by atoms with Gasteiger partial charge in [0.1, 0.15) is 5.75 Å². The minimum atomic E-state index is -0.0970. The number of anilines is 1. The van der Waals surface area contributed by atoms with E-state index >= 15 is 0 Å². The number of hydrogen-bond acceptors (Lipinski definition) is 3. The predicted molar refractivity (Wildman–Crippen MR) is 81.0 cm³/mol. The summed E-state index contributed by atoms with van der Waals surface area (Å²) in [7, 11) is 0. The summed E-state index contributed by atoms with van der Waals surface area (Å²) in [5, 5.41) is 2.76. The summed E-state index contributed by atoms with van der Waals surface area (Å²) in [5.41, 5.74) is 7.13. The average Bonchev–Trinajstić information content (AvgIpc) is 2.70. The average molecular weight is 276 g/mol. The SMILES string of the molecule is CCNC(=O)c1ccc(OC2CCCCCC2)c(N)c1. The molecule has 20 heavy (non-hydrogen) atoms. The van der Waals surface area contributed by atoms with Crippen molar-refractivity contribution in [2.24, 2.45) is 0 Å². The molecule has 4 nitrogen and oxygen atoms in total. The summed E-state index contributed by atoms with van der Waals surface area (Å²) in [6.45, 7) is 2.50. The Morgan fingerprint density at radius 2 is 2.00 bits per heavy atom. The molecule has 0 aliphatic heterocycles. The van der Waals surface area contributed by atoms with E-state index in [1.807, 2.05) is 13.0 Å². The third kappa shape index (κ3) is 3.89. The number of rotatable bonds is 4. The zero-order valence-electron chi connectivity index (χ0n) is 12.2. The molecule has 1 fully saturated rings. The van der Waals surface area contributed by atoms with Crippen molar-refractivity contribution in [2.45, 2.75) is 51.6 Å². The van der Waals surface area contributed by atoms with Crippen LogP contribution in [0, 0.1) is 0 Å². The van der Waals surface area contributed by atoms with Crippen LogP contribution in [-0.4, -0.2) is 18.6 Å². The second-order valence-electron chi connectivity index (χ2n) is 5.34. The molecule has 0 saturated heterocycles. The summed E-state index contributed by atoms with van der Waals surface area (Å²) in [6.07, 6.45) is 7.49. The fourth-order valence-electron chi connectivity index (χ4n) is 2.60. The Kier molecular flexibility index (Phi) is 5.27. The first-order valence-electron chi connectivity index (χ1n) is 7.55. The smallest absolute Gasteiger partial charge is 0.251 e. The van der Waals surface area contributed by atoms with Crippen molar-refractivity contribution >= 4 is 11.6 Å². The highest BCUT2D eigenvalue weighted by Crippen LogP contribution is 2.27. The molecule has 0 atom stereocenters. The molecule has 1 aromatic rings. The van der Waals surface area contributed by atoms with E-state index in [1.54, 1.807) is 12.1 Å². The summed E-state index contributed by atoms with van der Waals surface area (Å²) >= 11 is 0. The highest BCUT2D eigenvalue weighted by Gasteiger charge is 2.15. The number of nitrogens with two attached hydrogens (primary N) is 1. The standard InChI is InChI=1S/C16H24N2O2/c1-2-18-16(19)12-9-10-15(14(17)11-12)20-13-7-5-3-4-6-8-13/h9-11,13H,2-8,17H2,1H3,(H,18,19). The van der Waals surface area contributed by atoms with Crippen molar-refractivity contribution in [3.05, 3.63) is 23.8 Å². The molecule has 110 valence electrons. The highest BCUT2D eigenvalue weighted by molar-refractivity contribution is 5.95. The molecule has 0 bridgehead atoms. The number of nitrogens with one attached hydrogen (secondary N) is 1. The summed E-state index contributed by atoms with van der Waals surface area (Å²) in [5.74, 6) is 0.602. The molecule has 1 aliphatic carbocycles. The third-order valence-electron chi connectivity index (χ3n) is 3.71. The largest absolute Gasteiger partial charge is 0.488 e. The van der Waals surface area contributed by atoms with Gasteiger partial charge in [-0.15, -0.1) is 0 Å². The number of ether oxygens (including phenoxy) is 1. The van der Waals surface area contributed by atoms with Crippen LogP contribution in [0.25, 0.3) is 0 Å². The molecule has 1 aromatic carbocycles. The molecule has 0 radical (unpaired) electrons. The first-order chi connectivity index (χ1) is 9.70. The maximum absolute atomic E-state index is 11.7. The number of hydrogen-bond donors (Lipinski definition) is 2. The maximum atomic E-state index is 11.7. The first-order valence-corrected chi connectivity index (χ1v) is 7.55. The summed E-state index contributed by atoms with van der Waals surface area (Å²) in [6, 6.07) is 5.27. The minimum absolute atomic E-state index is 0.0970. The molecule has 2 rings (SSSR count). The van der Waals surface area contributed by atoms with Crippen molar-refractivity contribution < 1.29 is 9.53 Å². The van der Waals surface area contributed by atoms with Crippen molar-refractivity contribution in [3.8, 4) is 5.75 Å². The number of carbonyl (C=O) groups is 1. The van der Waals surface area contributed by atoms with Crippen LogP contribution in [0.3, 0.4) is 0 Å². The van der Waals surface area contributed by atoms with Gasteiger partial charge in [0.15, 0.2) is 0 Å². The van der Waals surface area contributed by atoms with Crippen molar-refractivity contribution in [1.82, 2.24) is 5.32 Å². The van der Waals surface area contributed by atoms with Gasteiger partial charge >= 0.3 is 0 Å². The van der Waals surface area contributed by atoms with E-state index in [9.17, 15) is 4.79 Å². The highest BCUT2D eigenvalue weighted by atomic mass is 16.5. The van der Waals surface area contributed by atoms with Gasteiger partial charge in [0.2, 0.25) is 0 Å². The van der Waals surface area contributed by atoms with Gasteiger partial charge in [-0.1, -0.05) is 12.8 Å². The Bertz CT molecular complexity index is 452. The molecule has 1 aliphatic rings. The van der Waals surface area contributed by atoms with E-state index in [2.05, 4.69) is 5.32 Å². The Balaban J connectivity index is 2.03. The van der Waals surface area contributed by atoms with Crippen molar-refractivity contribution in [2.75, 3.05) is 12.3 Å². The molecule has 0 unspecified atom stereocenters. The lowest BCUT2D eigenvalue weighted by Gasteiger charge is -2.18. The molecule has 0 spiro atoms. The number of benzene rings is 1. The van der Waals surface area contributed by atoms with Gasteiger partial charge in [0, 0.05) is 12.1 Å². The molecule has 1 saturated carbocycles. The molecule has 4 heteroatoms. The van der Waals surface area contributed by atoms with E-state index in [-0.39, 0.29) is 12.0 Å².